The molecule has 0 unspecified atom stereocenters. The predicted molar refractivity (Wildman–Crippen MR) is 97.0 cm³/mol. The molecule has 6 nitrogen and oxygen atoms in total. The van der Waals surface area contributed by atoms with Gasteiger partial charge in [-0.3, -0.25) is 9.59 Å². The highest BCUT2D eigenvalue weighted by molar-refractivity contribution is 9.10. The topological polar surface area (TPSA) is 69.6 Å². The normalized spacial score (nSPS) is 13.4. The second kappa shape index (κ2) is 6.92. The van der Waals surface area contributed by atoms with Crippen molar-refractivity contribution in [1.29, 1.82) is 0 Å². The Morgan fingerprint density at radius 2 is 1.92 bits per heavy atom. The van der Waals surface area contributed by atoms with Gasteiger partial charge in [-0.25, -0.2) is 0 Å². The summed E-state index contributed by atoms with van der Waals surface area (Å²) < 4.78 is 13.2. The van der Waals surface area contributed by atoms with Crippen LogP contribution in [0.4, 0.5) is 0 Å². The van der Waals surface area contributed by atoms with Gasteiger partial charge in [-0.05, 0) is 53.5 Å². The molecule has 1 N–H and O–H groups in total. The molecule has 0 radical (unpaired) electrons. The maximum absolute atomic E-state index is 12.4. The molecular weight excluding hydrogens is 388 g/mol. The molecule has 3 rings (SSSR count). The molecule has 0 saturated carbocycles. The number of ether oxygens (including phenoxy) is 2. The Balaban J connectivity index is 1.75. The van der Waals surface area contributed by atoms with Crippen LogP contribution in [-0.2, 0) is 16.9 Å². The van der Waals surface area contributed by atoms with Crippen LogP contribution in [0, 0.1) is 0 Å². The molecule has 0 atom stereocenters. The third-order valence-electron chi connectivity index (χ3n) is 3.98. The van der Waals surface area contributed by atoms with Gasteiger partial charge in [-0.15, -0.1) is 0 Å². The van der Waals surface area contributed by atoms with E-state index in [-0.39, 0.29) is 18.0 Å². The molecule has 1 aliphatic heterocycles. The first-order valence-corrected chi connectivity index (χ1v) is 8.71. The molecule has 2 heterocycles. The molecule has 132 valence electrons. The quantitative estimate of drug-likeness (QED) is 0.846. The zero-order chi connectivity index (χ0) is 18.0. The molecule has 0 fully saturated rings. The Labute approximate surface area is 153 Å². The molecule has 7 heteroatoms. The number of carbonyl (C=O) groups is 1. The number of nitrogens with one attached hydrogen (secondary N) is 1. The lowest BCUT2D eigenvalue weighted by molar-refractivity contribution is -0.123. The number of pyridine rings is 1. The van der Waals surface area contributed by atoms with Gasteiger partial charge in [0.15, 0.2) is 11.5 Å². The number of hydrogen-bond acceptors (Lipinski definition) is 4. The van der Waals surface area contributed by atoms with E-state index in [1.54, 1.807) is 12.3 Å². The van der Waals surface area contributed by atoms with E-state index in [4.69, 9.17) is 9.47 Å². The zero-order valence-corrected chi connectivity index (χ0v) is 15.6. The third kappa shape index (κ3) is 4.04. The van der Waals surface area contributed by atoms with E-state index in [1.165, 1.54) is 10.6 Å². The average Bonchev–Trinajstić information content (AvgIpc) is 2.57. The van der Waals surface area contributed by atoms with Crippen molar-refractivity contribution in [3.63, 3.8) is 0 Å². The number of fused-ring (bicyclic) bond motifs is 1. The maximum Gasteiger partial charge on any atom is 0.251 e. The van der Waals surface area contributed by atoms with Gasteiger partial charge in [-0.2, -0.15) is 0 Å². The number of hydrogen-bond donors (Lipinski definition) is 1. The molecule has 1 aromatic carbocycles. The van der Waals surface area contributed by atoms with E-state index in [9.17, 15) is 9.59 Å². The minimum atomic E-state index is -0.622. The summed E-state index contributed by atoms with van der Waals surface area (Å²) in [7, 11) is 0. The Bertz CT molecular complexity index is 860. The molecule has 25 heavy (non-hydrogen) atoms. The van der Waals surface area contributed by atoms with Crippen LogP contribution >= 0.6 is 15.9 Å². The maximum atomic E-state index is 12.4. The molecule has 1 amide bonds. The van der Waals surface area contributed by atoms with Gasteiger partial charge in [0.1, 0.15) is 19.8 Å². The average molecular weight is 407 g/mol. The van der Waals surface area contributed by atoms with Gasteiger partial charge >= 0.3 is 0 Å². The SMILES string of the molecule is CC(C)(NC(=O)Cn1cc(Br)ccc1=O)c1ccc2c(c1)OCCO2. The highest BCUT2D eigenvalue weighted by atomic mass is 79.9. The first kappa shape index (κ1) is 17.5. The molecule has 0 spiro atoms. The van der Waals surface area contributed by atoms with Crippen LogP contribution in [0.2, 0.25) is 0 Å². The van der Waals surface area contributed by atoms with Crippen molar-refractivity contribution in [2.24, 2.45) is 0 Å². The minimum Gasteiger partial charge on any atom is -0.486 e. The van der Waals surface area contributed by atoms with Crippen molar-refractivity contribution in [3.8, 4) is 11.5 Å². The second-order valence-electron chi connectivity index (χ2n) is 6.35. The van der Waals surface area contributed by atoms with E-state index in [0.29, 0.717) is 24.7 Å². The number of benzene rings is 1. The highest BCUT2D eigenvalue weighted by Gasteiger charge is 2.25. The van der Waals surface area contributed by atoms with Crippen molar-refractivity contribution < 1.29 is 14.3 Å². The van der Waals surface area contributed by atoms with Crippen molar-refractivity contribution in [3.05, 3.63) is 56.9 Å². The van der Waals surface area contributed by atoms with Gasteiger partial charge in [0, 0.05) is 16.7 Å². The van der Waals surface area contributed by atoms with Gasteiger partial charge in [-0.1, -0.05) is 6.07 Å². The first-order chi connectivity index (χ1) is 11.8. The van der Waals surface area contributed by atoms with E-state index in [0.717, 1.165) is 10.0 Å². The van der Waals surface area contributed by atoms with E-state index >= 15 is 0 Å². The second-order valence-corrected chi connectivity index (χ2v) is 7.26. The molecule has 1 aliphatic rings. The largest absolute Gasteiger partial charge is 0.486 e. The number of carbonyl (C=O) groups excluding carboxylic acids is 1. The number of halogens is 1. The van der Waals surface area contributed by atoms with Crippen molar-refractivity contribution >= 4 is 21.8 Å². The smallest absolute Gasteiger partial charge is 0.251 e. The Morgan fingerprint density at radius 1 is 1.20 bits per heavy atom. The highest BCUT2D eigenvalue weighted by Crippen LogP contribution is 2.34. The van der Waals surface area contributed by atoms with Gasteiger partial charge < -0.3 is 19.4 Å². The number of aromatic nitrogens is 1. The van der Waals surface area contributed by atoms with Crippen LogP contribution in [0.5, 0.6) is 11.5 Å². The molecular formula is C18H19BrN2O4. The lowest BCUT2D eigenvalue weighted by atomic mass is 9.93. The van der Waals surface area contributed by atoms with Crippen molar-refractivity contribution in [2.45, 2.75) is 25.9 Å². The first-order valence-electron chi connectivity index (χ1n) is 7.92. The minimum absolute atomic E-state index is 0.0494. The van der Waals surface area contributed by atoms with Crippen LogP contribution < -0.4 is 20.3 Å². The van der Waals surface area contributed by atoms with E-state index in [1.807, 2.05) is 32.0 Å². The van der Waals surface area contributed by atoms with Crippen molar-refractivity contribution in [2.75, 3.05) is 13.2 Å². The standard InChI is InChI=1S/C18H19BrN2O4/c1-18(2,12-3-5-14-15(9-12)25-8-7-24-14)20-16(22)11-21-10-13(19)4-6-17(21)23/h3-6,9-10H,7-8,11H2,1-2H3,(H,20,22). The monoisotopic (exact) mass is 406 g/mol. The fourth-order valence-electron chi connectivity index (χ4n) is 2.67. The fraction of sp³-hybridized carbons (Fsp3) is 0.333. The number of nitrogens with zero attached hydrogens (tertiary/aromatic N) is 1. The summed E-state index contributed by atoms with van der Waals surface area (Å²) in [6.07, 6.45) is 1.60. The van der Waals surface area contributed by atoms with Crippen LogP contribution in [-0.4, -0.2) is 23.7 Å². The van der Waals surface area contributed by atoms with Gasteiger partial charge in [0.05, 0.1) is 5.54 Å². The Hall–Kier alpha value is -2.28. The summed E-state index contributed by atoms with van der Waals surface area (Å²) in [5.74, 6) is 1.13. The molecule has 1 aromatic heterocycles. The van der Waals surface area contributed by atoms with Crippen LogP contribution in [0.1, 0.15) is 19.4 Å². The van der Waals surface area contributed by atoms with Gasteiger partial charge in [0.25, 0.3) is 5.56 Å². The Morgan fingerprint density at radius 3 is 2.68 bits per heavy atom. The number of amides is 1. The summed E-state index contributed by atoms with van der Waals surface area (Å²) in [6.45, 7) is 4.80. The molecule has 2 aromatic rings. The zero-order valence-electron chi connectivity index (χ0n) is 14.0. The van der Waals surface area contributed by atoms with E-state index < -0.39 is 5.54 Å². The number of rotatable bonds is 4. The molecule has 0 aliphatic carbocycles. The van der Waals surface area contributed by atoms with Crippen LogP contribution in [0.3, 0.4) is 0 Å². The summed E-state index contributed by atoms with van der Waals surface area (Å²) >= 11 is 3.30. The van der Waals surface area contributed by atoms with Crippen LogP contribution in [0.15, 0.2) is 45.8 Å². The summed E-state index contributed by atoms with van der Waals surface area (Å²) in [6, 6.07) is 8.69. The lowest BCUT2D eigenvalue weighted by Gasteiger charge is -2.29. The molecule has 0 bridgehead atoms. The van der Waals surface area contributed by atoms with E-state index in [2.05, 4.69) is 21.2 Å². The summed E-state index contributed by atoms with van der Waals surface area (Å²) in [4.78, 5) is 24.2. The van der Waals surface area contributed by atoms with Crippen molar-refractivity contribution in [1.82, 2.24) is 9.88 Å². The fourth-order valence-corrected chi connectivity index (χ4v) is 3.05. The summed E-state index contributed by atoms with van der Waals surface area (Å²) in [5, 5.41) is 2.96. The summed E-state index contributed by atoms with van der Waals surface area (Å²) in [5.41, 5.74) is 0.0462. The predicted octanol–water partition coefficient (Wildman–Crippen LogP) is 2.43. The lowest BCUT2D eigenvalue weighted by Crippen LogP contribution is -2.43. The van der Waals surface area contributed by atoms with Crippen LogP contribution in [0.25, 0.3) is 0 Å². The Kier molecular flexibility index (Phi) is 4.85. The third-order valence-corrected chi connectivity index (χ3v) is 4.45. The van der Waals surface area contributed by atoms with Gasteiger partial charge in [0.2, 0.25) is 5.91 Å². The molecule has 0 saturated heterocycles.